The van der Waals surface area contributed by atoms with Gasteiger partial charge in [0.1, 0.15) is 0 Å². The summed E-state index contributed by atoms with van der Waals surface area (Å²) in [6, 6.07) is 11.0. The molecule has 0 atom stereocenters. The minimum atomic E-state index is -0.505. The first-order valence-corrected chi connectivity index (χ1v) is 8.53. The third-order valence-electron chi connectivity index (χ3n) is 4.14. The van der Waals surface area contributed by atoms with E-state index in [0.717, 1.165) is 11.1 Å². The molecule has 0 saturated heterocycles. The predicted molar refractivity (Wildman–Crippen MR) is 103 cm³/mol. The van der Waals surface area contributed by atoms with Gasteiger partial charge in [0.2, 0.25) is 11.7 Å². The maximum atomic E-state index is 12.1. The van der Waals surface area contributed by atoms with Crippen molar-refractivity contribution in [2.45, 2.75) is 13.5 Å². The van der Waals surface area contributed by atoms with E-state index in [1.54, 1.807) is 12.1 Å². The molecule has 146 valence electrons. The van der Waals surface area contributed by atoms with Gasteiger partial charge < -0.3 is 24.1 Å². The summed E-state index contributed by atoms with van der Waals surface area (Å²) >= 11 is 0. The molecule has 1 heterocycles. The lowest BCUT2D eigenvalue weighted by Crippen LogP contribution is -2.09. The van der Waals surface area contributed by atoms with Crippen molar-refractivity contribution in [2.75, 3.05) is 26.6 Å². The van der Waals surface area contributed by atoms with Crippen molar-refractivity contribution in [1.82, 2.24) is 10.1 Å². The van der Waals surface area contributed by atoms with Gasteiger partial charge in [-0.05, 0) is 6.92 Å². The number of benzene rings is 2. The first kappa shape index (κ1) is 19.2. The molecule has 28 heavy (non-hydrogen) atoms. The number of esters is 1. The Balaban J connectivity index is 1.82. The minimum absolute atomic E-state index is 0.221. The second-order valence-corrected chi connectivity index (χ2v) is 5.98. The van der Waals surface area contributed by atoms with E-state index in [-0.39, 0.29) is 6.54 Å². The van der Waals surface area contributed by atoms with Crippen LogP contribution >= 0.6 is 0 Å². The molecule has 0 aliphatic rings. The molecule has 0 amide bonds. The highest BCUT2D eigenvalue weighted by atomic mass is 16.5. The first-order valence-electron chi connectivity index (χ1n) is 8.53. The Hall–Kier alpha value is -3.55. The number of ether oxygens (including phenoxy) is 3. The molecule has 3 aromatic rings. The normalized spacial score (nSPS) is 10.4. The maximum Gasteiger partial charge on any atom is 0.340 e. The van der Waals surface area contributed by atoms with Gasteiger partial charge in [-0.3, -0.25) is 0 Å². The van der Waals surface area contributed by atoms with Crippen LogP contribution in [0.3, 0.4) is 0 Å². The summed E-state index contributed by atoms with van der Waals surface area (Å²) in [4.78, 5) is 16.5. The molecule has 0 bridgehead atoms. The summed E-state index contributed by atoms with van der Waals surface area (Å²) in [5.41, 5.74) is 2.82. The van der Waals surface area contributed by atoms with E-state index >= 15 is 0 Å². The number of carbonyl (C=O) groups excluding carboxylic acids is 1. The second-order valence-electron chi connectivity index (χ2n) is 5.98. The van der Waals surface area contributed by atoms with E-state index in [1.165, 1.54) is 21.3 Å². The molecule has 0 aliphatic carbocycles. The topological polar surface area (TPSA) is 95.7 Å². The summed E-state index contributed by atoms with van der Waals surface area (Å²) < 4.78 is 20.7. The summed E-state index contributed by atoms with van der Waals surface area (Å²) in [5, 5.41) is 7.11. The number of aryl methyl sites for hydroxylation is 1. The Bertz CT molecular complexity index is 966. The van der Waals surface area contributed by atoms with Gasteiger partial charge in [-0.1, -0.05) is 35.0 Å². The van der Waals surface area contributed by atoms with Crippen LogP contribution in [0.4, 0.5) is 5.69 Å². The van der Waals surface area contributed by atoms with Gasteiger partial charge in [0.05, 0.1) is 39.1 Å². The zero-order valence-electron chi connectivity index (χ0n) is 16.1. The number of aromatic nitrogens is 2. The van der Waals surface area contributed by atoms with Crippen LogP contribution in [0.2, 0.25) is 0 Å². The average Bonchev–Trinajstić information content (AvgIpc) is 3.20. The number of hydrogen-bond donors (Lipinski definition) is 1. The number of rotatable bonds is 7. The van der Waals surface area contributed by atoms with Crippen LogP contribution < -0.4 is 14.8 Å². The third-order valence-corrected chi connectivity index (χ3v) is 4.14. The van der Waals surface area contributed by atoms with Crippen LogP contribution in [0, 0.1) is 6.92 Å². The summed E-state index contributed by atoms with van der Waals surface area (Å²) in [5.74, 6) is 1.27. The average molecular weight is 383 g/mol. The van der Waals surface area contributed by atoms with Crippen LogP contribution in [-0.4, -0.2) is 37.4 Å². The molecule has 0 spiro atoms. The zero-order valence-corrected chi connectivity index (χ0v) is 16.1. The molecule has 0 aliphatic heterocycles. The smallest absolute Gasteiger partial charge is 0.340 e. The number of carbonyl (C=O) groups is 1. The standard InChI is InChI=1S/C20H21N3O5/c1-12-5-7-13(8-6-12)19-22-18(28-23-19)11-21-15-10-17(26-3)16(25-2)9-14(15)20(24)27-4/h5-10,21H,11H2,1-4H3. The Kier molecular flexibility index (Phi) is 5.78. The molecule has 0 fully saturated rings. The second kappa shape index (κ2) is 8.43. The highest BCUT2D eigenvalue weighted by Crippen LogP contribution is 2.34. The lowest BCUT2D eigenvalue weighted by atomic mass is 10.1. The molecule has 1 N–H and O–H groups in total. The fourth-order valence-corrected chi connectivity index (χ4v) is 2.62. The van der Waals surface area contributed by atoms with Gasteiger partial charge in [-0.25, -0.2) is 4.79 Å². The Morgan fingerprint density at radius 1 is 1.07 bits per heavy atom. The highest BCUT2D eigenvalue weighted by molar-refractivity contribution is 5.96. The van der Waals surface area contributed by atoms with E-state index in [1.807, 2.05) is 31.2 Å². The van der Waals surface area contributed by atoms with Gasteiger partial charge in [-0.2, -0.15) is 4.98 Å². The molecule has 0 unspecified atom stereocenters. The highest BCUT2D eigenvalue weighted by Gasteiger charge is 2.18. The van der Waals surface area contributed by atoms with Gasteiger partial charge in [0, 0.05) is 17.7 Å². The molecule has 0 radical (unpaired) electrons. The van der Waals surface area contributed by atoms with Crippen LogP contribution in [0.25, 0.3) is 11.4 Å². The number of methoxy groups -OCH3 is 3. The number of hydrogen-bond acceptors (Lipinski definition) is 8. The van der Waals surface area contributed by atoms with Crippen molar-refractivity contribution in [3.05, 3.63) is 53.4 Å². The van der Waals surface area contributed by atoms with Crippen molar-refractivity contribution in [3.63, 3.8) is 0 Å². The quantitative estimate of drug-likeness (QED) is 0.620. The Morgan fingerprint density at radius 2 is 1.75 bits per heavy atom. The largest absolute Gasteiger partial charge is 0.493 e. The molecule has 2 aromatic carbocycles. The van der Waals surface area contributed by atoms with E-state index in [9.17, 15) is 4.79 Å². The molecule has 0 saturated carbocycles. The van der Waals surface area contributed by atoms with Gasteiger partial charge >= 0.3 is 5.97 Å². The minimum Gasteiger partial charge on any atom is -0.493 e. The number of nitrogens with zero attached hydrogens (tertiary/aromatic N) is 2. The van der Waals surface area contributed by atoms with Gasteiger partial charge in [0.25, 0.3) is 0 Å². The van der Waals surface area contributed by atoms with Crippen LogP contribution in [0.1, 0.15) is 21.8 Å². The molecular weight excluding hydrogens is 362 g/mol. The lowest BCUT2D eigenvalue weighted by Gasteiger charge is -2.14. The van der Waals surface area contributed by atoms with Crippen LogP contribution in [0.15, 0.2) is 40.9 Å². The molecule has 8 heteroatoms. The summed E-state index contributed by atoms with van der Waals surface area (Å²) in [6.07, 6.45) is 0. The van der Waals surface area contributed by atoms with E-state index in [0.29, 0.717) is 34.5 Å². The molecule has 1 aromatic heterocycles. The SMILES string of the molecule is COC(=O)c1cc(OC)c(OC)cc1NCc1nc(-c2ccc(C)cc2)no1. The molecular formula is C20H21N3O5. The van der Waals surface area contributed by atoms with Crippen LogP contribution in [-0.2, 0) is 11.3 Å². The fraction of sp³-hybridized carbons (Fsp3) is 0.250. The molecule has 3 rings (SSSR count). The first-order chi connectivity index (χ1) is 13.5. The Labute approximate surface area is 162 Å². The van der Waals surface area contributed by atoms with Crippen molar-refractivity contribution < 1.29 is 23.5 Å². The number of nitrogens with one attached hydrogen (secondary N) is 1. The van der Waals surface area contributed by atoms with E-state index in [4.69, 9.17) is 18.7 Å². The summed E-state index contributed by atoms with van der Waals surface area (Å²) in [6.45, 7) is 2.23. The Morgan fingerprint density at radius 3 is 2.39 bits per heavy atom. The fourth-order valence-electron chi connectivity index (χ4n) is 2.62. The van der Waals surface area contributed by atoms with E-state index in [2.05, 4.69) is 15.5 Å². The maximum absolute atomic E-state index is 12.1. The molecule has 8 nitrogen and oxygen atoms in total. The van der Waals surface area contributed by atoms with Crippen molar-refractivity contribution in [1.29, 1.82) is 0 Å². The third kappa shape index (κ3) is 4.06. The van der Waals surface area contributed by atoms with Gasteiger partial charge in [-0.15, -0.1) is 0 Å². The van der Waals surface area contributed by atoms with Crippen molar-refractivity contribution in [2.24, 2.45) is 0 Å². The predicted octanol–water partition coefficient (Wildman–Crippen LogP) is 3.46. The van der Waals surface area contributed by atoms with Crippen molar-refractivity contribution in [3.8, 4) is 22.9 Å². The monoisotopic (exact) mass is 383 g/mol. The number of anilines is 1. The van der Waals surface area contributed by atoms with Crippen LogP contribution in [0.5, 0.6) is 11.5 Å². The van der Waals surface area contributed by atoms with Crippen molar-refractivity contribution >= 4 is 11.7 Å². The van der Waals surface area contributed by atoms with E-state index < -0.39 is 5.97 Å². The van der Waals surface area contributed by atoms with Gasteiger partial charge in [0.15, 0.2) is 11.5 Å². The zero-order chi connectivity index (χ0) is 20.1. The lowest BCUT2D eigenvalue weighted by molar-refractivity contribution is 0.0601. The summed E-state index contributed by atoms with van der Waals surface area (Å²) in [7, 11) is 4.33.